The van der Waals surface area contributed by atoms with Gasteiger partial charge in [-0.25, -0.2) is 9.37 Å². The summed E-state index contributed by atoms with van der Waals surface area (Å²) in [7, 11) is 0. The number of aryl methyl sites for hydroxylation is 1. The fraction of sp³-hybridized carbons (Fsp3) is 0.167. The van der Waals surface area contributed by atoms with Crippen LogP contribution in [0.1, 0.15) is 21.1 Å². The number of benzene rings is 1. The van der Waals surface area contributed by atoms with Crippen LogP contribution in [0.5, 0.6) is 0 Å². The third-order valence-electron chi connectivity index (χ3n) is 2.28. The third kappa shape index (κ3) is 3.04. The van der Waals surface area contributed by atoms with Crippen LogP contribution in [0.3, 0.4) is 0 Å². The molecule has 0 spiro atoms. The number of amides is 1. The Kier molecular flexibility index (Phi) is 3.57. The molecule has 1 aromatic heterocycles. The second kappa shape index (κ2) is 5.14. The number of nitrogen functional groups attached to an aromatic ring is 1. The Morgan fingerprint density at radius 2 is 2.28 bits per heavy atom. The van der Waals surface area contributed by atoms with Gasteiger partial charge in [-0.2, -0.15) is 0 Å². The Bertz CT molecular complexity index is 562. The first-order valence-corrected chi connectivity index (χ1v) is 6.18. The molecule has 1 amide bonds. The minimum absolute atomic E-state index is 0.208. The summed E-state index contributed by atoms with van der Waals surface area (Å²) in [6, 6.07) is 3.75. The van der Waals surface area contributed by atoms with E-state index in [1.165, 1.54) is 23.5 Å². The molecule has 3 N–H and O–H groups in total. The average molecular weight is 265 g/mol. The van der Waals surface area contributed by atoms with Crippen LogP contribution in [-0.4, -0.2) is 10.9 Å². The summed E-state index contributed by atoms with van der Waals surface area (Å²) >= 11 is 1.51. The van der Waals surface area contributed by atoms with Crippen molar-refractivity contribution >= 4 is 22.9 Å². The summed E-state index contributed by atoms with van der Waals surface area (Å²) in [5.41, 5.74) is 6.70. The minimum Gasteiger partial charge on any atom is -0.399 e. The van der Waals surface area contributed by atoms with E-state index in [1.807, 2.05) is 12.3 Å². The van der Waals surface area contributed by atoms with Crippen LogP contribution < -0.4 is 11.1 Å². The zero-order chi connectivity index (χ0) is 13.1. The van der Waals surface area contributed by atoms with Gasteiger partial charge in [-0.1, -0.05) is 0 Å². The summed E-state index contributed by atoms with van der Waals surface area (Å²) in [5, 5.41) is 5.48. The quantitative estimate of drug-likeness (QED) is 0.835. The van der Waals surface area contributed by atoms with E-state index in [1.54, 1.807) is 0 Å². The monoisotopic (exact) mass is 265 g/mol. The molecule has 0 unspecified atom stereocenters. The topological polar surface area (TPSA) is 68.0 Å². The molecular formula is C12H12FN3OS. The van der Waals surface area contributed by atoms with E-state index >= 15 is 0 Å². The minimum atomic E-state index is -0.523. The van der Waals surface area contributed by atoms with Crippen LogP contribution in [-0.2, 0) is 6.54 Å². The maximum atomic E-state index is 13.1. The molecule has 1 aromatic carbocycles. The lowest BCUT2D eigenvalue weighted by atomic mass is 10.2. The first-order valence-electron chi connectivity index (χ1n) is 5.30. The zero-order valence-electron chi connectivity index (χ0n) is 9.74. The van der Waals surface area contributed by atoms with E-state index in [0.29, 0.717) is 6.54 Å². The Morgan fingerprint density at radius 1 is 1.50 bits per heavy atom. The number of aromatic nitrogens is 1. The van der Waals surface area contributed by atoms with Crippen molar-refractivity contribution < 1.29 is 9.18 Å². The SMILES string of the molecule is Cc1nc(CNC(=O)c2cc(N)cc(F)c2)cs1. The smallest absolute Gasteiger partial charge is 0.251 e. The normalized spacial score (nSPS) is 10.3. The van der Waals surface area contributed by atoms with E-state index in [2.05, 4.69) is 10.3 Å². The van der Waals surface area contributed by atoms with Gasteiger partial charge in [0.15, 0.2) is 0 Å². The van der Waals surface area contributed by atoms with Crippen molar-refractivity contribution in [3.8, 4) is 0 Å². The lowest BCUT2D eigenvalue weighted by Crippen LogP contribution is -2.23. The molecule has 0 aliphatic heterocycles. The van der Waals surface area contributed by atoms with Crippen LogP contribution in [0.15, 0.2) is 23.6 Å². The number of thiazole rings is 1. The summed E-state index contributed by atoms with van der Waals surface area (Å²) in [6.45, 7) is 2.21. The largest absolute Gasteiger partial charge is 0.399 e. The highest BCUT2D eigenvalue weighted by molar-refractivity contribution is 7.09. The van der Waals surface area contributed by atoms with Crippen molar-refractivity contribution in [2.45, 2.75) is 13.5 Å². The molecule has 0 atom stereocenters. The number of nitrogens with two attached hydrogens (primary N) is 1. The number of carbonyl (C=O) groups is 1. The number of hydrogen-bond acceptors (Lipinski definition) is 4. The zero-order valence-corrected chi connectivity index (χ0v) is 10.6. The number of hydrogen-bond donors (Lipinski definition) is 2. The molecule has 2 aromatic rings. The first-order chi connectivity index (χ1) is 8.54. The molecule has 0 bridgehead atoms. The van der Waals surface area contributed by atoms with Gasteiger partial charge in [0.2, 0.25) is 0 Å². The van der Waals surface area contributed by atoms with Gasteiger partial charge in [0.05, 0.1) is 17.2 Å². The van der Waals surface area contributed by atoms with E-state index in [0.717, 1.165) is 16.8 Å². The van der Waals surface area contributed by atoms with Crippen molar-refractivity contribution in [1.29, 1.82) is 0 Å². The molecule has 0 radical (unpaired) electrons. The van der Waals surface area contributed by atoms with Crippen molar-refractivity contribution in [3.63, 3.8) is 0 Å². The van der Waals surface area contributed by atoms with E-state index < -0.39 is 5.82 Å². The van der Waals surface area contributed by atoms with Gasteiger partial charge in [0.1, 0.15) is 5.82 Å². The van der Waals surface area contributed by atoms with E-state index in [-0.39, 0.29) is 17.2 Å². The molecule has 0 saturated heterocycles. The summed E-state index contributed by atoms with van der Waals surface area (Å²) in [4.78, 5) is 16.0. The van der Waals surface area contributed by atoms with Crippen LogP contribution in [0.4, 0.5) is 10.1 Å². The Morgan fingerprint density at radius 3 is 2.89 bits per heavy atom. The second-order valence-corrected chi connectivity index (χ2v) is 4.88. The number of anilines is 1. The fourth-order valence-corrected chi connectivity index (χ4v) is 2.12. The second-order valence-electron chi connectivity index (χ2n) is 3.81. The third-order valence-corrected chi connectivity index (χ3v) is 3.10. The molecule has 6 heteroatoms. The molecule has 4 nitrogen and oxygen atoms in total. The molecule has 0 saturated carbocycles. The van der Waals surface area contributed by atoms with Crippen LogP contribution in [0.2, 0.25) is 0 Å². The number of halogens is 1. The molecule has 1 heterocycles. The van der Waals surface area contributed by atoms with Crippen LogP contribution >= 0.6 is 11.3 Å². The van der Waals surface area contributed by atoms with Crippen LogP contribution in [0.25, 0.3) is 0 Å². The van der Waals surface area contributed by atoms with Gasteiger partial charge in [0, 0.05) is 16.6 Å². The van der Waals surface area contributed by atoms with Gasteiger partial charge in [-0.15, -0.1) is 11.3 Å². The Labute approximate surface area is 108 Å². The Balaban J connectivity index is 2.03. The highest BCUT2D eigenvalue weighted by Crippen LogP contribution is 2.11. The summed E-state index contributed by atoms with van der Waals surface area (Å²) < 4.78 is 13.1. The molecule has 0 fully saturated rings. The molecule has 18 heavy (non-hydrogen) atoms. The molecule has 0 aliphatic carbocycles. The highest BCUT2D eigenvalue weighted by Gasteiger charge is 2.08. The first kappa shape index (κ1) is 12.5. The Hall–Kier alpha value is -1.95. The van der Waals surface area contributed by atoms with E-state index in [4.69, 9.17) is 5.73 Å². The van der Waals surface area contributed by atoms with Gasteiger partial charge >= 0.3 is 0 Å². The van der Waals surface area contributed by atoms with Gasteiger partial charge in [0.25, 0.3) is 5.91 Å². The highest BCUT2D eigenvalue weighted by atomic mass is 32.1. The van der Waals surface area contributed by atoms with Gasteiger partial charge in [-0.05, 0) is 25.1 Å². The van der Waals surface area contributed by atoms with Crippen molar-refractivity contribution in [2.75, 3.05) is 5.73 Å². The average Bonchev–Trinajstić information content (AvgIpc) is 2.70. The van der Waals surface area contributed by atoms with E-state index in [9.17, 15) is 9.18 Å². The maximum Gasteiger partial charge on any atom is 0.251 e. The molecule has 2 rings (SSSR count). The number of nitrogens with zero attached hydrogens (tertiary/aromatic N) is 1. The van der Waals surface area contributed by atoms with Gasteiger partial charge < -0.3 is 11.1 Å². The van der Waals surface area contributed by atoms with Crippen molar-refractivity contribution in [2.24, 2.45) is 0 Å². The number of carbonyl (C=O) groups excluding carboxylic acids is 1. The predicted octanol–water partition coefficient (Wildman–Crippen LogP) is 2.10. The standard InChI is InChI=1S/C12H12FN3OS/c1-7-16-11(6-18-7)5-15-12(17)8-2-9(13)4-10(14)3-8/h2-4,6H,5,14H2,1H3,(H,15,17). The van der Waals surface area contributed by atoms with Gasteiger partial charge in [-0.3, -0.25) is 4.79 Å². The number of rotatable bonds is 3. The maximum absolute atomic E-state index is 13.1. The lowest BCUT2D eigenvalue weighted by Gasteiger charge is -2.04. The summed E-state index contributed by atoms with van der Waals surface area (Å²) in [5.74, 6) is -0.892. The summed E-state index contributed by atoms with van der Waals surface area (Å²) in [6.07, 6.45) is 0. The molecular weight excluding hydrogens is 253 g/mol. The van der Waals surface area contributed by atoms with Crippen molar-refractivity contribution in [3.05, 3.63) is 45.7 Å². The predicted molar refractivity (Wildman–Crippen MR) is 68.8 cm³/mol. The fourth-order valence-electron chi connectivity index (χ4n) is 1.51. The van der Waals surface area contributed by atoms with Crippen LogP contribution in [0, 0.1) is 12.7 Å². The molecule has 0 aliphatic rings. The molecule has 94 valence electrons. The van der Waals surface area contributed by atoms with Crippen molar-refractivity contribution in [1.82, 2.24) is 10.3 Å². The lowest BCUT2D eigenvalue weighted by molar-refractivity contribution is 0.0950. The number of nitrogens with one attached hydrogen (secondary N) is 1.